The van der Waals surface area contributed by atoms with Crippen LogP contribution in [-0.4, -0.2) is 30.2 Å². The highest BCUT2D eigenvalue weighted by Crippen LogP contribution is 2.48. The van der Waals surface area contributed by atoms with E-state index < -0.39 is 6.10 Å². The molecule has 0 radical (unpaired) electrons. The van der Waals surface area contributed by atoms with Crippen LogP contribution in [0, 0.1) is 5.92 Å². The lowest BCUT2D eigenvalue weighted by Gasteiger charge is -2.30. The van der Waals surface area contributed by atoms with Gasteiger partial charge in [-0.1, -0.05) is 23.8 Å². The third-order valence-electron chi connectivity index (χ3n) is 5.98. The van der Waals surface area contributed by atoms with Gasteiger partial charge in [0.15, 0.2) is 5.78 Å². The molecule has 0 amide bonds. The second-order valence-electron chi connectivity index (χ2n) is 8.71. The number of allylic oxidation sites excluding steroid dienone is 3. The van der Waals surface area contributed by atoms with Crippen LogP contribution in [-0.2, 0) is 6.42 Å². The highest BCUT2D eigenvalue weighted by Gasteiger charge is 2.35. The van der Waals surface area contributed by atoms with Crippen LogP contribution in [0.2, 0.25) is 0 Å². The number of ketones is 1. The van der Waals surface area contributed by atoms with E-state index in [-0.39, 0.29) is 35.4 Å². The molecule has 2 aromatic rings. The molecular formula is C27H32O6. The van der Waals surface area contributed by atoms with Crippen molar-refractivity contribution >= 4 is 5.78 Å². The normalized spacial score (nSPS) is 15.8. The molecule has 2 aromatic carbocycles. The fourth-order valence-electron chi connectivity index (χ4n) is 4.09. The van der Waals surface area contributed by atoms with E-state index in [2.05, 4.69) is 12.7 Å². The van der Waals surface area contributed by atoms with Crippen molar-refractivity contribution in [2.75, 3.05) is 14.2 Å². The Morgan fingerprint density at radius 1 is 1.18 bits per heavy atom. The van der Waals surface area contributed by atoms with Gasteiger partial charge in [0.1, 0.15) is 40.4 Å². The summed E-state index contributed by atoms with van der Waals surface area (Å²) in [4.78, 5) is 13.3. The zero-order valence-corrected chi connectivity index (χ0v) is 19.9. The molecule has 33 heavy (non-hydrogen) atoms. The first-order valence-corrected chi connectivity index (χ1v) is 10.9. The first kappa shape index (κ1) is 24.2. The Hall–Kier alpha value is -3.41. The first-order chi connectivity index (χ1) is 15.7. The number of methoxy groups -OCH3 is 2. The third-order valence-corrected chi connectivity index (χ3v) is 5.98. The third kappa shape index (κ3) is 5.16. The van der Waals surface area contributed by atoms with Gasteiger partial charge in [-0.05, 0) is 51.7 Å². The predicted molar refractivity (Wildman–Crippen MR) is 128 cm³/mol. The molecule has 0 aliphatic carbocycles. The number of rotatable bonds is 8. The van der Waals surface area contributed by atoms with Gasteiger partial charge in [-0.2, -0.15) is 0 Å². The zero-order chi connectivity index (χ0) is 24.3. The summed E-state index contributed by atoms with van der Waals surface area (Å²) in [6.45, 7) is 10.2. The van der Waals surface area contributed by atoms with Crippen molar-refractivity contribution < 1.29 is 29.2 Å². The smallest absolute Gasteiger partial charge is 0.174 e. The Kier molecular flexibility index (Phi) is 7.36. The summed E-state index contributed by atoms with van der Waals surface area (Å²) < 4.78 is 17.2. The van der Waals surface area contributed by atoms with Gasteiger partial charge in [0.25, 0.3) is 0 Å². The van der Waals surface area contributed by atoms with Gasteiger partial charge < -0.3 is 24.4 Å². The Bertz CT molecular complexity index is 1090. The summed E-state index contributed by atoms with van der Waals surface area (Å²) >= 11 is 0. The molecule has 6 heteroatoms. The van der Waals surface area contributed by atoms with Gasteiger partial charge in [0, 0.05) is 23.3 Å². The van der Waals surface area contributed by atoms with Crippen molar-refractivity contribution in [3.8, 4) is 28.7 Å². The Morgan fingerprint density at radius 2 is 1.88 bits per heavy atom. The van der Waals surface area contributed by atoms with Gasteiger partial charge >= 0.3 is 0 Å². The number of ether oxygens (including phenoxy) is 3. The van der Waals surface area contributed by atoms with Crippen LogP contribution >= 0.6 is 0 Å². The molecule has 0 fully saturated rings. The highest BCUT2D eigenvalue weighted by atomic mass is 16.5. The van der Waals surface area contributed by atoms with Gasteiger partial charge in [0.2, 0.25) is 0 Å². The number of carbonyl (C=O) groups is 1. The number of benzene rings is 2. The maximum Gasteiger partial charge on any atom is 0.174 e. The SMILES string of the molecule is C=C(C)[C@@H](CC=C(C)C)Cc1c(O)cc(OC)c2c1O[C@@H](c1ccc(O)cc1OC)CC2=O. The van der Waals surface area contributed by atoms with Crippen molar-refractivity contribution in [2.24, 2.45) is 5.92 Å². The summed E-state index contributed by atoms with van der Waals surface area (Å²) in [5, 5.41) is 20.7. The number of phenols is 2. The molecule has 2 atom stereocenters. The van der Waals surface area contributed by atoms with Gasteiger partial charge in [-0.3, -0.25) is 4.79 Å². The molecule has 0 saturated carbocycles. The topological polar surface area (TPSA) is 85.2 Å². The predicted octanol–water partition coefficient (Wildman–Crippen LogP) is 5.91. The summed E-state index contributed by atoms with van der Waals surface area (Å²) in [7, 11) is 2.96. The minimum Gasteiger partial charge on any atom is -0.508 e. The van der Waals surface area contributed by atoms with Crippen LogP contribution < -0.4 is 14.2 Å². The zero-order valence-electron chi connectivity index (χ0n) is 19.9. The molecule has 0 aromatic heterocycles. The van der Waals surface area contributed by atoms with Crippen LogP contribution in [0.5, 0.6) is 28.7 Å². The van der Waals surface area contributed by atoms with Crippen molar-refractivity contribution in [3.63, 3.8) is 0 Å². The molecular weight excluding hydrogens is 420 g/mol. The summed E-state index contributed by atoms with van der Waals surface area (Å²) in [5.41, 5.74) is 3.71. The average molecular weight is 453 g/mol. The number of hydrogen-bond donors (Lipinski definition) is 2. The largest absolute Gasteiger partial charge is 0.508 e. The summed E-state index contributed by atoms with van der Waals surface area (Å²) in [5.74, 6) is 1.02. The molecule has 0 saturated heterocycles. The van der Waals surface area contributed by atoms with E-state index in [1.165, 1.54) is 38.0 Å². The van der Waals surface area contributed by atoms with Gasteiger partial charge in [0.05, 0.1) is 20.6 Å². The molecule has 0 bridgehead atoms. The first-order valence-electron chi connectivity index (χ1n) is 10.9. The van der Waals surface area contributed by atoms with Gasteiger partial charge in [-0.15, -0.1) is 0 Å². The highest BCUT2D eigenvalue weighted by molar-refractivity contribution is 6.03. The van der Waals surface area contributed by atoms with Crippen molar-refractivity contribution in [2.45, 2.75) is 46.1 Å². The molecule has 0 spiro atoms. The maximum absolute atomic E-state index is 13.3. The van der Waals surface area contributed by atoms with E-state index in [0.717, 1.165) is 12.0 Å². The number of phenolic OH excluding ortho intramolecular Hbond substituents is 2. The molecule has 1 heterocycles. The fraction of sp³-hybridized carbons (Fsp3) is 0.370. The van der Waals surface area contributed by atoms with Crippen LogP contribution in [0.4, 0.5) is 0 Å². The number of hydrogen-bond acceptors (Lipinski definition) is 6. The minimum atomic E-state index is -0.633. The number of carbonyl (C=O) groups excluding carboxylic acids is 1. The van der Waals surface area contributed by atoms with E-state index >= 15 is 0 Å². The number of fused-ring (bicyclic) bond motifs is 1. The van der Waals surface area contributed by atoms with Crippen molar-refractivity contribution in [1.29, 1.82) is 0 Å². The van der Waals surface area contributed by atoms with Crippen LogP contribution in [0.25, 0.3) is 0 Å². The average Bonchev–Trinajstić information content (AvgIpc) is 2.76. The molecule has 0 unspecified atom stereocenters. The summed E-state index contributed by atoms with van der Waals surface area (Å²) in [6, 6.07) is 6.18. The van der Waals surface area contributed by atoms with Crippen LogP contribution in [0.3, 0.4) is 0 Å². The van der Waals surface area contributed by atoms with E-state index in [0.29, 0.717) is 34.6 Å². The van der Waals surface area contributed by atoms with Crippen LogP contribution in [0.1, 0.15) is 61.2 Å². The Balaban J connectivity index is 2.10. The molecule has 2 N–H and O–H groups in total. The number of Topliss-reactive ketones (excluding diaryl/α,β-unsaturated/α-hetero) is 1. The lowest BCUT2D eigenvalue weighted by Crippen LogP contribution is -2.23. The molecule has 1 aliphatic rings. The quantitative estimate of drug-likeness (QED) is 0.484. The second-order valence-corrected chi connectivity index (χ2v) is 8.71. The van der Waals surface area contributed by atoms with E-state index in [1.807, 2.05) is 20.8 Å². The lowest BCUT2D eigenvalue weighted by molar-refractivity contribution is 0.0838. The number of aromatic hydroxyl groups is 2. The van der Waals surface area contributed by atoms with E-state index in [4.69, 9.17) is 14.2 Å². The van der Waals surface area contributed by atoms with E-state index in [9.17, 15) is 15.0 Å². The van der Waals surface area contributed by atoms with Crippen molar-refractivity contribution in [1.82, 2.24) is 0 Å². The minimum absolute atomic E-state index is 0.0140. The second kappa shape index (κ2) is 10.0. The molecule has 3 rings (SSSR count). The maximum atomic E-state index is 13.3. The Labute approximate surface area is 195 Å². The fourth-order valence-corrected chi connectivity index (χ4v) is 4.09. The monoisotopic (exact) mass is 452 g/mol. The standard InChI is InChI=1S/C27H32O6/c1-15(2)7-8-17(16(3)4)11-20-21(29)13-25(32-6)26-22(30)14-24(33-27(20)26)19-10-9-18(28)12-23(19)31-5/h7,9-10,12-13,17,24,28-29H,3,8,11,14H2,1-2,4-6H3/t17-,24+/m0/s1. The molecule has 176 valence electrons. The van der Waals surface area contributed by atoms with Crippen LogP contribution in [0.15, 0.2) is 48.1 Å². The van der Waals surface area contributed by atoms with Gasteiger partial charge in [-0.25, -0.2) is 0 Å². The summed E-state index contributed by atoms with van der Waals surface area (Å²) in [6.07, 6.45) is 2.82. The molecule has 1 aliphatic heterocycles. The lowest BCUT2D eigenvalue weighted by atomic mass is 9.86. The van der Waals surface area contributed by atoms with E-state index in [1.54, 1.807) is 6.07 Å². The Morgan fingerprint density at radius 3 is 2.48 bits per heavy atom. The van der Waals surface area contributed by atoms with Crippen molar-refractivity contribution in [3.05, 3.63) is 64.8 Å². The molecule has 6 nitrogen and oxygen atoms in total.